The zero-order chi connectivity index (χ0) is 12.4. The largest absolute Gasteiger partial charge is 0.357 e. The molecule has 1 aliphatic carbocycles. The van der Waals surface area contributed by atoms with Crippen LogP contribution in [0.25, 0.3) is 0 Å². The highest BCUT2D eigenvalue weighted by molar-refractivity contribution is 9.10. The Morgan fingerprint density at radius 1 is 1.35 bits per heavy atom. The second-order valence-electron chi connectivity index (χ2n) is 5.27. The van der Waals surface area contributed by atoms with Crippen LogP contribution in [0.3, 0.4) is 0 Å². The van der Waals surface area contributed by atoms with E-state index < -0.39 is 0 Å². The van der Waals surface area contributed by atoms with E-state index in [-0.39, 0.29) is 0 Å². The number of pyridine rings is 1. The van der Waals surface area contributed by atoms with Gasteiger partial charge in [0.25, 0.3) is 0 Å². The lowest BCUT2D eigenvalue weighted by Gasteiger charge is -2.35. The molecule has 3 heteroatoms. The maximum Gasteiger partial charge on any atom is 0.128 e. The van der Waals surface area contributed by atoms with E-state index in [0.717, 1.165) is 21.9 Å². The van der Waals surface area contributed by atoms with Gasteiger partial charge in [-0.25, -0.2) is 4.98 Å². The van der Waals surface area contributed by atoms with Gasteiger partial charge in [0.1, 0.15) is 5.82 Å². The maximum atomic E-state index is 4.65. The lowest BCUT2D eigenvalue weighted by molar-refractivity contribution is 0.335. The Balaban J connectivity index is 2.12. The molecule has 0 aromatic carbocycles. The van der Waals surface area contributed by atoms with Crippen molar-refractivity contribution in [2.24, 2.45) is 5.92 Å². The summed E-state index contributed by atoms with van der Waals surface area (Å²) in [7, 11) is 2.18. The zero-order valence-electron chi connectivity index (χ0n) is 10.9. The second kappa shape index (κ2) is 5.38. The standard InChI is InChI=1S/C14H21BrN2/c1-10-5-4-6-12(9-10)17(3)14-8-7-13(15)11(2)16-14/h7-8,10,12H,4-6,9H2,1-3H3. The molecule has 0 bridgehead atoms. The van der Waals surface area contributed by atoms with Gasteiger partial charge in [0, 0.05) is 17.6 Å². The highest BCUT2D eigenvalue weighted by Gasteiger charge is 2.23. The van der Waals surface area contributed by atoms with Crippen molar-refractivity contribution in [2.75, 3.05) is 11.9 Å². The molecule has 0 amide bonds. The molecule has 94 valence electrons. The van der Waals surface area contributed by atoms with Gasteiger partial charge in [-0.1, -0.05) is 19.8 Å². The first-order chi connectivity index (χ1) is 8.08. The molecule has 1 aromatic rings. The van der Waals surface area contributed by atoms with Crippen LogP contribution in [0.5, 0.6) is 0 Å². The molecule has 1 fully saturated rings. The average molecular weight is 297 g/mol. The van der Waals surface area contributed by atoms with Crippen molar-refractivity contribution in [3.05, 3.63) is 22.3 Å². The van der Waals surface area contributed by atoms with E-state index in [4.69, 9.17) is 0 Å². The zero-order valence-corrected chi connectivity index (χ0v) is 12.5. The monoisotopic (exact) mass is 296 g/mol. The number of nitrogens with zero attached hydrogens (tertiary/aromatic N) is 2. The Morgan fingerprint density at radius 3 is 2.76 bits per heavy atom. The van der Waals surface area contributed by atoms with Crippen LogP contribution < -0.4 is 4.90 Å². The van der Waals surface area contributed by atoms with Crippen molar-refractivity contribution in [2.45, 2.75) is 45.6 Å². The summed E-state index contributed by atoms with van der Waals surface area (Å²) in [5, 5.41) is 0. The maximum absolute atomic E-state index is 4.65. The first-order valence-corrected chi connectivity index (χ1v) is 7.23. The topological polar surface area (TPSA) is 16.1 Å². The van der Waals surface area contributed by atoms with E-state index in [2.05, 4.69) is 51.9 Å². The lowest BCUT2D eigenvalue weighted by Crippen LogP contribution is -2.36. The van der Waals surface area contributed by atoms with E-state index >= 15 is 0 Å². The van der Waals surface area contributed by atoms with Crippen LogP contribution >= 0.6 is 15.9 Å². The van der Waals surface area contributed by atoms with Crippen LogP contribution in [0.15, 0.2) is 16.6 Å². The van der Waals surface area contributed by atoms with Crippen molar-refractivity contribution in [3.8, 4) is 0 Å². The van der Waals surface area contributed by atoms with Gasteiger partial charge in [0.2, 0.25) is 0 Å². The molecule has 1 aromatic heterocycles. The average Bonchev–Trinajstić information content (AvgIpc) is 2.32. The molecule has 17 heavy (non-hydrogen) atoms. The molecule has 0 saturated heterocycles. The molecule has 2 unspecified atom stereocenters. The number of hydrogen-bond acceptors (Lipinski definition) is 2. The summed E-state index contributed by atoms with van der Waals surface area (Å²) < 4.78 is 1.09. The van der Waals surface area contributed by atoms with E-state index in [1.165, 1.54) is 25.7 Å². The first-order valence-electron chi connectivity index (χ1n) is 6.44. The van der Waals surface area contributed by atoms with Gasteiger partial charge in [0.05, 0.1) is 5.69 Å². The van der Waals surface area contributed by atoms with Crippen LogP contribution in [-0.4, -0.2) is 18.1 Å². The van der Waals surface area contributed by atoms with Gasteiger partial charge in [-0.2, -0.15) is 0 Å². The summed E-state index contributed by atoms with van der Waals surface area (Å²) in [6.45, 7) is 4.41. The van der Waals surface area contributed by atoms with Crippen LogP contribution in [0, 0.1) is 12.8 Å². The van der Waals surface area contributed by atoms with E-state index in [0.29, 0.717) is 6.04 Å². The first kappa shape index (κ1) is 12.9. The molecule has 2 nitrogen and oxygen atoms in total. The Labute approximate surface area is 113 Å². The Bertz CT molecular complexity index is 392. The number of halogens is 1. The number of aromatic nitrogens is 1. The predicted octanol–water partition coefficient (Wildman–Crippen LogP) is 4.17. The number of anilines is 1. The molecule has 1 aliphatic rings. The lowest BCUT2D eigenvalue weighted by atomic mass is 9.86. The van der Waals surface area contributed by atoms with Gasteiger partial charge < -0.3 is 4.90 Å². The van der Waals surface area contributed by atoms with Gasteiger partial charge in [-0.3, -0.25) is 0 Å². The van der Waals surface area contributed by atoms with Gasteiger partial charge >= 0.3 is 0 Å². The van der Waals surface area contributed by atoms with Gasteiger partial charge in [0.15, 0.2) is 0 Å². The Morgan fingerprint density at radius 2 is 2.12 bits per heavy atom. The fourth-order valence-electron chi connectivity index (χ4n) is 2.67. The molecule has 0 aliphatic heterocycles. The van der Waals surface area contributed by atoms with Crippen molar-refractivity contribution >= 4 is 21.7 Å². The van der Waals surface area contributed by atoms with Crippen LogP contribution in [0.1, 0.15) is 38.3 Å². The summed E-state index contributed by atoms with van der Waals surface area (Å²) in [5.74, 6) is 1.96. The summed E-state index contributed by atoms with van der Waals surface area (Å²) in [4.78, 5) is 7.01. The van der Waals surface area contributed by atoms with Gasteiger partial charge in [-0.15, -0.1) is 0 Å². The summed E-state index contributed by atoms with van der Waals surface area (Å²) in [6.07, 6.45) is 5.34. The van der Waals surface area contributed by atoms with Crippen molar-refractivity contribution in [1.29, 1.82) is 0 Å². The second-order valence-corrected chi connectivity index (χ2v) is 6.13. The quantitative estimate of drug-likeness (QED) is 0.814. The normalized spacial score (nSPS) is 24.7. The summed E-state index contributed by atoms with van der Waals surface area (Å²) >= 11 is 3.50. The highest BCUT2D eigenvalue weighted by atomic mass is 79.9. The molecule has 0 spiro atoms. The molecule has 0 radical (unpaired) electrons. The minimum absolute atomic E-state index is 0.659. The molecule has 1 saturated carbocycles. The van der Waals surface area contributed by atoms with Crippen LogP contribution in [-0.2, 0) is 0 Å². The molecule has 2 rings (SSSR count). The van der Waals surface area contributed by atoms with E-state index in [1.807, 2.05) is 6.92 Å². The molecular formula is C14H21BrN2. The predicted molar refractivity (Wildman–Crippen MR) is 76.5 cm³/mol. The fourth-order valence-corrected chi connectivity index (χ4v) is 2.89. The summed E-state index contributed by atoms with van der Waals surface area (Å²) in [5.41, 5.74) is 1.07. The number of hydrogen-bond donors (Lipinski definition) is 0. The third kappa shape index (κ3) is 3.01. The fraction of sp³-hybridized carbons (Fsp3) is 0.643. The smallest absolute Gasteiger partial charge is 0.128 e. The third-order valence-electron chi connectivity index (χ3n) is 3.82. The van der Waals surface area contributed by atoms with E-state index in [9.17, 15) is 0 Å². The van der Waals surface area contributed by atoms with Crippen molar-refractivity contribution in [3.63, 3.8) is 0 Å². The SMILES string of the molecule is Cc1nc(N(C)C2CCCC(C)C2)ccc1Br. The Kier molecular flexibility index (Phi) is 4.08. The van der Waals surface area contributed by atoms with E-state index in [1.54, 1.807) is 0 Å². The molecular weight excluding hydrogens is 276 g/mol. The van der Waals surface area contributed by atoms with Crippen LogP contribution in [0.4, 0.5) is 5.82 Å². The summed E-state index contributed by atoms with van der Waals surface area (Å²) in [6, 6.07) is 4.86. The Hall–Kier alpha value is -0.570. The molecule has 1 heterocycles. The molecule has 0 N–H and O–H groups in total. The molecule has 2 atom stereocenters. The minimum Gasteiger partial charge on any atom is -0.357 e. The minimum atomic E-state index is 0.659. The van der Waals surface area contributed by atoms with Gasteiger partial charge in [-0.05, 0) is 53.7 Å². The highest BCUT2D eigenvalue weighted by Crippen LogP contribution is 2.29. The number of rotatable bonds is 2. The third-order valence-corrected chi connectivity index (χ3v) is 4.66. The number of aryl methyl sites for hydroxylation is 1. The van der Waals surface area contributed by atoms with Crippen molar-refractivity contribution in [1.82, 2.24) is 4.98 Å². The van der Waals surface area contributed by atoms with Crippen molar-refractivity contribution < 1.29 is 0 Å². The van der Waals surface area contributed by atoms with Crippen LogP contribution in [0.2, 0.25) is 0 Å².